The molecule has 0 saturated heterocycles. The van der Waals surface area contributed by atoms with Gasteiger partial charge in [0.1, 0.15) is 11.5 Å². The van der Waals surface area contributed by atoms with Crippen LogP contribution in [0.3, 0.4) is 0 Å². The average molecular weight is 714 g/mol. The molecule has 2 aliphatic rings. The van der Waals surface area contributed by atoms with Gasteiger partial charge in [0.15, 0.2) is 0 Å². The Labute approximate surface area is 327 Å². The van der Waals surface area contributed by atoms with Gasteiger partial charge in [-0.3, -0.25) is 0 Å². The predicted octanol–water partition coefficient (Wildman–Crippen LogP) is 13.9. The van der Waals surface area contributed by atoms with Crippen LogP contribution in [0.5, 0.6) is 11.5 Å². The van der Waals surface area contributed by atoms with Crippen molar-refractivity contribution in [2.45, 2.75) is 5.41 Å². The fraction of sp³-hybridized carbons (Fsp3) is 0.0185. The summed E-state index contributed by atoms with van der Waals surface area (Å²) in [7, 11) is 0. The Kier molecular flexibility index (Phi) is 7.43. The minimum absolute atomic E-state index is 0.500. The second kappa shape index (κ2) is 12.9. The molecule has 1 aliphatic heterocycles. The lowest BCUT2D eigenvalue weighted by Crippen LogP contribution is -2.32. The van der Waals surface area contributed by atoms with Gasteiger partial charge in [0.05, 0.1) is 16.8 Å². The summed E-state index contributed by atoms with van der Waals surface area (Å²) in [5.74, 6) is 1.75. The van der Waals surface area contributed by atoms with Crippen LogP contribution in [-0.2, 0) is 5.41 Å². The molecule has 0 N–H and O–H groups in total. The van der Waals surface area contributed by atoms with Crippen LogP contribution in [-0.4, -0.2) is 4.98 Å². The molecule has 8 aromatic carbocycles. The third-order valence-corrected chi connectivity index (χ3v) is 11.5. The fourth-order valence-electron chi connectivity index (χ4n) is 9.01. The molecule has 0 fully saturated rings. The van der Waals surface area contributed by atoms with Crippen LogP contribution in [0.2, 0.25) is 0 Å². The molecule has 9 aromatic rings. The van der Waals surface area contributed by atoms with E-state index in [1.807, 2.05) is 0 Å². The number of ether oxygens (including phenoxy) is 1. The first-order valence-electron chi connectivity index (χ1n) is 19.2. The highest BCUT2D eigenvalue weighted by Gasteiger charge is 2.50. The SMILES string of the molecule is c1ccc(-c2cccc(-c3cc(-c4ccc5c(c4)Oc4ccccc4C54c5ccccc5-c5ccccc54)cc(-c4cccc(-c5ccccc5)c4)n3)c2)cc1. The third kappa shape index (κ3) is 5.07. The van der Waals surface area contributed by atoms with Gasteiger partial charge in [-0.2, -0.15) is 0 Å². The molecule has 2 heterocycles. The van der Waals surface area contributed by atoms with Crippen LogP contribution in [0.15, 0.2) is 212 Å². The van der Waals surface area contributed by atoms with Gasteiger partial charge in [-0.05, 0) is 92.0 Å². The van der Waals surface area contributed by atoms with Crippen LogP contribution in [0.1, 0.15) is 22.3 Å². The van der Waals surface area contributed by atoms with Crippen LogP contribution >= 0.6 is 0 Å². The van der Waals surface area contributed by atoms with Crippen molar-refractivity contribution in [2.75, 3.05) is 0 Å². The largest absolute Gasteiger partial charge is 0.457 e. The van der Waals surface area contributed by atoms with Gasteiger partial charge in [-0.1, -0.05) is 176 Å². The van der Waals surface area contributed by atoms with Crippen LogP contribution in [0.4, 0.5) is 0 Å². The zero-order chi connectivity index (χ0) is 37.1. The normalized spacial score (nSPS) is 12.9. The van der Waals surface area contributed by atoms with Crippen molar-refractivity contribution in [3.63, 3.8) is 0 Å². The summed E-state index contributed by atoms with van der Waals surface area (Å²) in [6.07, 6.45) is 0. The van der Waals surface area contributed by atoms with Gasteiger partial charge in [-0.15, -0.1) is 0 Å². The van der Waals surface area contributed by atoms with Gasteiger partial charge in [0.25, 0.3) is 0 Å². The number of fused-ring (bicyclic) bond motifs is 9. The van der Waals surface area contributed by atoms with E-state index in [9.17, 15) is 0 Å². The van der Waals surface area contributed by atoms with Gasteiger partial charge in [0.2, 0.25) is 0 Å². The maximum atomic E-state index is 6.90. The number of hydrogen-bond donors (Lipinski definition) is 0. The van der Waals surface area contributed by atoms with Crippen LogP contribution < -0.4 is 4.74 Å². The smallest absolute Gasteiger partial charge is 0.132 e. The number of pyridine rings is 1. The molecular formula is C54H35NO. The molecule has 1 aliphatic carbocycles. The van der Waals surface area contributed by atoms with Crippen molar-refractivity contribution < 1.29 is 4.74 Å². The molecule has 0 unspecified atom stereocenters. The molecule has 262 valence electrons. The molecule has 2 nitrogen and oxygen atoms in total. The van der Waals surface area contributed by atoms with Crippen LogP contribution in [0.25, 0.3) is 67.0 Å². The monoisotopic (exact) mass is 713 g/mol. The van der Waals surface area contributed by atoms with E-state index >= 15 is 0 Å². The molecule has 0 saturated carbocycles. The molecule has 0 bridgehead atoms. The number of hydrogen-bond acceptors (Lipinski definition) is 2. The van der Waals surface area contributed by atoms with Crippen molar-refractivity contribution in [2.24, 2.45) is 0 Å². The Balaban J connectivity index is 1.11. The Morgan fingerprint density at radius 3 is 1.32 bits per heavy atom. The Bertz CT molecular complexity index is 2800. The van der Waals surface area contributed by atoms with E-state index in [0.717, 1.165) is 61.8 Å². The van der Waals surface area contributed by atoms with E-state index in [2.05, 4.69) is 212 Å². The first kappa shape index (κ1) is 32.2. The summed E-state index contributed by atoms with van der Waals surface area (Å²) in [6, 6.07) is 76.0. The maximum Gasteiger partial charge on any atom is 0.132 e. The van der Waals surface area contributed by atoms with Crippen LogP contribution in [0, 0.1) is 0 Å². The second-order valence-corrected chi connectivity index (χ2v) is 14.7. The molecular weight excluding hydrogens is 679 g/mol. The predicted molar refractivity (Wildman–Crippen MR) is 229 cm³/mol. The third-order valence-electron chi connectivity index (χ3n) is 11.5. The van der Waals surface area contributed by atoms with Gasteiger partial charge in [0, 0.05) is 22.3 Å². The summed E-state index contributed by atoms with van der Waals surface area (Å²) in [6.45, 7) is 0. The van der Waals surface area contributed by atoms with Crippen molar-refractivity contribution >= 4 is 0 Å². The molecule has 2 heteroatoms. The molecule has 1 aromatic heterocycles. The Morgan fingerprint density at radius 2 is 0.732 bits per heavy atom. The standard InChI is InChI=1S/C54H35NO/c1-3-15-36(16-4-1)38-19-13-21-41(31-38)50-33-43(34-51(55-50)42-22-14-20-39(32-42)37-17-5-2-6-18-37)40-29-30-49-53(35-40)56-52-28-12-11-27-48(52)54(49)46-25-9-7-23-44(46)45-24-8-10-26-47(45)54/h1-35H. The topological polar surface area (TPSA) is 22.1 Å². The minimum atomic E-state index is -0.500. The van der Waals surface area contributed by atoms with Crippen molar-refractivity contribution in [3.05, 3.63) is 235 Å². The second-order valence-electron chi connectivity index (χ2n) is 14.7. The fourth-order valence-corrected chi connectivity index (χ4v) is 9.01. The highest BCUT2D eigenvalue weighted by atomic mass is 16.5. The summed E-state index contributed by atoms with van der Waals surface area (Å²) in [5, 5.41) is 0. The van der Waals surface area contributed by atoms with Crippen molar-refractivity contribution in [1.82, 2.24) is 4.98 Å². The molecule has 56 heavy (non-hydrogen) atoms. The van der Waals surface area contributed by atoms with E-state index < -0.39 is 5.41 Å². The highest BCUT2D eigenvalue weighted by molar-refractivity contribution is 5.89. The molecule has 11 rings (SSSR count). The van der Waals surface area contributed by atoms with Gasteiger partial charge >= 0.3 is 0 Å². The summed E-state index contributed by atoms with van der Waals surface area (Å²) >= 11 is 0. The van der Waals surface area contributed by atoms with E-state index in [1.165, 1.54) is 38.9 Å². The number of nitrogens with zero attached hydrogens (tertiary/aromatic N) is 1. The number of rotatable bonds is 5. The first-order valence-corrected chi connectivity index (χ1v) is 19.2. The quantitative estimate of drug-likeness (QED) is 0.177. The zero-order valence-corrected chi connectivity index (χ0v) is 30.6. The average Bonchev–Trinajstić information content (AvgIpc) is 3.57. The Hall–Kier alpha value is -7.29. The summed E-state index contributed by atoms with van der Waals surface area (Å²) < 4.78 is 6.90. The lowest BCUT2D eigenvalue weighted by Gasteiger charge is -2.39. The van der Waals surface area contributed by atoms with E-state index in [1.54, 1.807) is 0 Å². The van der Waals surface area contributed by atoms with E-state index in [4.69, 9.17) is 9.72 Å². The van der Waals surface area contributed by atoms with Crippen molar-refractivity contribution in [3.8, 4) is 78.5 Å². The number of para-hydroxylation sites is 1. The zero-order valence-electron chi connectivity index (χ0n) is 30.6. The summed E-state index contributed by atoms with van der Waals surface area (Å²) in [4.78, 5) is 5.36. The first-order chi connectivity index (χ1) is 27.7. The number of aromatic nitrogens is 1. The molecule has 0 atom stereocenters. The van der Waals surface area contributed by atoms with Gasteiger partial charge < -0.3 is 4.74 Å². The lowest BCUT2D eigenvalue weighted by atomic mass is 9.66. The molecule has 0 radical (unpaired) electrons. The van der Waals surface area contributed by atoms with E-state index in [-0.39, 0.29) is 0 Å². The minimum Gasteiger partial charge on any atom is -0.457 e. The number of benzene rings is 8. The van der Waals surface area contributed by atoms with Gasteiger partial charge in [-0.25, -0.2) is 4.98 Å². The summed E-state index contributed by atoms with van der Waals surface area (Å²) in [5.41, 5.74) is 17.7. The van der Waals surface area contributed by atoms with Crippen molar-refractivity contribution in [1.29, 1.82) is 0 Å². The lowest BCUT2D eigenvalue weighted by molar-refractivity contribution is 0.436. The van der Waals surface area contributed by atoms with E-state index in [0.29, 0.717) is 0 Å². The molecule has 0 amide bonds. The maximum absolute atomic E-state index is 6.90. The molecule has 1 spiro atoms. The highest BCUT2D eigenvalue weighted by Crippen LogP contribution is 2.62. The Morgan fingerprint density at radius 1 is 0.286 bits per heavy atom.